The van der Waals surface area contributed by atoms with Gasteiger partial charge in [0.25, 0.3) is 0 Å². The fourth-order valence-corrected chi connectivity index (χ4v) is 2.94. The Morgan fingerprint density at radius 1 is 1.30 bits per heavy atom. The number of nitrogens with one attached hydrogen (secondary N) is 1. The largest absolute Gasteiger partial charge is 0.349 e. The second-order valence-corrected chi connectivity index (χ2v) is 5.79. The summed E-state index contributed by atoms with van der Waals surface area (Å²) in [6.45, 7) is 2.31. The normalized spacial score (nSPS) is 19.4. The fraction of sp³-hybridized carbons (Fsp3) is 0.562. The number of hydrogen-bond acceptors (Lipinski definition) is 2. The number of carbonyl (C=O) groups excluding carboxylic acids is 1. The van der Waals surface area contributed by atoms with Gasteiger partial charge < -0.3 is 11.1 Å². The van der Waals surface area contributed by atoms with Crippen LogP contribution >= 0.6 is 0 Å². The second-order valence-electron chi connectivity index (χ2n) is 5.79. The molecule has 1 aromatic carbocycles. The van der Waals surface area contributed by atoms with Crippen molar-refractivity contribution < 1.29 is 9.18 Å². The molecule has 20 heavy (non-hydrogen) atoms. The van der Waals surface area contributed by atoms with E-state index in [0.29, 0.717) is 6.54 Å². The van der Waals surface area contributed by atoms with Crippen LogP contribution in [0.4, 0.5) is 4.39 Å². The summed E-state index contributed by atoms with van der Waals surface area (Å²) in [6, 6.07) is 6.11. The van der Waals surface area contributed by atoms with Crippen LogP contribution in [0.1, 0.15) is 50.6 Å². The van der Waals surface area contributed by atoms with Crippen molar-refractivity contribution in [1.82, 2.24) is 5.32 Å². The minimum absolute atomic E-state index is 0.0384. The van der Waals surface area contributed by atoms with Crippen molar-refractivity contribution in [2.45, 2.75) is 45.1 Å². The molecule has 0 unspecified atom stereocenters. The van der Waals surface area contributed by atoms with Crippen molar-refractivity contribution in [2.24, 2.45) is 11.1 Å². The van der Waals surface area contributed by atoms with Gasteiger partial charge in [-0.1, -0.05) is 31.4 Å². The van der Waals surface area contributed by atoms with E-state index in [4.69, 9.17) is 5.73 Å². The van der Waals surface area contributed by atoms with Gasteiger partial charge >= 0.3 is 0 Å². The Labute approximate surface area is 119 Å². The molecule has 0 radical (unpaired) electrons. The minimum atomic E-state index is -0.410. The lowest BCUT2D eigenvalue weighted by molar-refractivity contribution is -0.133. The van der Waals surface area contributed by atoms with Crippen LogP contribution in [-0.2, 0) is 4.79 Å². The van der Waals surface area contributed by atoms with Gasteiger partial charge in [-0.25, -0.2) is 4.39 Å². The summed E-state index contributed by atoms with van der Waals surface area (Å²) in [5.74, 6) is -0.227. The van der Waals surface area contributed by atoms with E-state index < -0.39 is 5.41 Å². The smallest absolute Gasteiger partial charge is 0.227 e. The Balaban J connectivity index is 2.04. The first kappa shape index (κ1) is 15.0. The maximum atomic E-state index is 12.9. The number of benzene rings is 1. The highest BCUT2D eigenvalue weighted by atomic mass is 19.1. The van der Waals surface area contributed by atoms with Crippen molar-refractivity contribution in [3.63, 3.8) is 0 Å². The molecule has 0 heterocycles. The van der Waals surface area contributed by atoms with Gasteiger partial charge in [-0.2, -0.15) is 0 Å². The van der Waals surface area contributed by atoms with Crippen LogP contribution < -0.4 is 11.1 Å². The number of amides is 1. The summed E-state index contributed by atoms with van der Waals surface area (Å²) < 4.78 is 12.9. The zero-order valence-electron chi connectivity index (χ0n) is 12.0. The van der Waals surface area contributed by atoms with E-state index in [-0.39, 0.29) is 17.8 Å². The first-order valence-electron chi connectivity index (χ1n) is 7.34. The predicted molar refractivity (Wildman–Crippen MR) is 77.5 cm³/mol. The van der Waals surface area contributed by atoms with E-state index >= 15 is 0 Å². The summed E-state index contributed by atoms with van der Waals surface area (Å²) >= 11 is 0. The van der Waals surface area contributed by atoms with E-state index in [0.717, 1.165) is 31.2 Å². The van der Waals surface area contributed by atoms with Crippen LogP contribution in [0.25, 0.3) is 0 Å². The highest BCUT2D eigenvalue weighted by Crippen LogP contribution is 2.36. The summed E-state index contributed by atoms with van der Waals surface area (Å²) in [5.41, 5.74) is 6.36. The molecular weight excluding hydrogens is 255 g/mol. The molecule has 0 spiro atoms. The average Bonchev–Trinajstić information content (AvgIpc) is 2.48. The third-order valence-electron chi connectivity index (χ3n) is 4.40. The van der Waals surface area contributed by atoms with E-state index in [9.17, 15) is 9.18 Å². The Bertz CT molecular complexity index is 452. The van der Waals surface area contributed by atoms with Crippen molar-refractivity contribution in [3.05, 3.63) is 35.6 Å². The highest BCUT2D eigenvalue weighted by molar-refractivity contribution is 5.83. The van der Waals surface area contributed by atoms with Crippen molar-refractivity contribution in [2.75, 3.05) is 6.54 Å². The molecule has 0 aromatic heterocycles. The molecule has 1 saturated carbocycles. The Morgan fingerprint density at radius 3 is 2.45 bits per heavy atom. The fourth-order valence-electron chi connectivity index (χ4n) is 2.94. The Hall–Kier alpha value is -1.42. The van der Waals surface area contributed by atoms with Gasteiger partial charge in [0.1, 0.15) is 5.82 Å². The molecule has 0 saturated heterocycles. The van der Waals surface area contributed by atoms with Crippen LogP contribution in [0, 0.1) is 11.2 Å². The number of rotatable bonds is 4. The third-order valence-corrected chi connectivity index (χ3v) is 4.40. The average molecular weight is 278 g/mol. The standard InChI is InChI=1S/C16H23FN2O/c1-12(13-5-7-14(17)8-6-13)19-15(20)16(11-18)9-3-2-4-10-16/h5-8,12H,2-4,9-11,18H2,1H3,(H,19,20)/t12-/m0/s1. The number of hydrogen-bond donors (Lipinski definition) is 2. The van der Waals surface area contributed by atoms with E-state index in [1.54, 1.807) is 12.1 Å². The van der Waals surface area contributed by atoms with E-state index in [1.807, 2.05) is 6.92 Å². The molecular formula is C16H23FN2O. The number of nitrogens with two attached hydrogens (primary N) is 1. The lowest BCUT2D eigenvalue weighted by Gasteiger charge is -2.35. The van der Waals surface area contributed by atoms with Crippen molar-refractivity contribution in [3.8, 4) is 0 Å². The number of carbonyl (C=O) groups is 1. The second kappa shape index (κ2) is 6.35. The van der Waals surface area contributed by atoms with Crippen LogP contribution in [0.3, 0.4) is 0 Å². The third kappa shape index (κ3) is 3.18. The summed E-state index contributed by atoms with van der Waals surface area (Å²) in [5, 5.41) is 3.04. The van der Waals surface area contributed by atoms with Gasteiger partial charge in [-0.15, -0.1) is 0 Å². The van der Waals surface area contributed by atoms with Crippen LogP contribution in [0.2, 0.25) is 0 Å². The lowest BCUT2D eigenvalue weighted by atomic mass is 9.73. The Kier molecular flexibility index (Phi) is 4.76. The van der Waals surface area contributed by atoms with Crippen LogP contribution in [-0.4, -0.2) is 12.5 Å². The van der Waals surface area contributed by atoms with Gasteiger partial charge in [-0.05, 0) is 37.5 Å². The molecule has 0 aliphatic heterocycles. The summed E-state index contributed by atoms with van der Waals surface area (Å²) in [7, 11) is 0. The molecule has 0 bridgehead atoms. The van der Waals surface area contributed by atoms with Gasteiger partial charge in [-0.3, -0.25) is 4.79 Å². The topological polar surface area (TPSA) is 55.1 Å². The molecule has 1 aliphatic carbocycles. The molecule has 1 amide bonds. The maximum absolute atomic E-state index is 12.9. The van der Waals surface area contributed by atoms with Gasteiger partial charge in [0.05, 0.1) is 11.5 Å². The first-order chi connectivity index (χ1) is 9.57. The molecule has 3 N–H and O–H groups in total. The predicted octanol–water partition coefficient (Wildman–Crippen LogP) is 2.91. The van der Waals surface area contributed by atoms with E-state index in [1.165, 1.54) is 18.6 Å². The van der Waals surface area contributed by atoms with Gasteiger partial charge in [0.15, 0.2) is 0 Å². The molecule has 110 valence electrons. The molecule has 1 atom stereocenters. The van der Waals surface area contributed by atoms with Crippen LogP contribution in [0.15, 0.2) is 24.3 Å². The molecule has 1 fully saturated rings. The Morgan fingerprint density at radius 2 is 1.90 bits per heavy atom. The van der Waals surface area contributed by atoms with Crippen molar-refractivity contribution in [1.29, 1.82) is 0 Å². The van der Waals surface area contributed by atoms with Gasteiger partial charge in [0, 0.05) is 6.54 Å². The van der Waals surface area contributed by atoms with E-state index in [2.05, 4.69) is 5.32 Å². The van der Waals surface area contributed by atoms with Crippen molar-refractivity contribution >= 4 is 5.91 Å². The minimum Gasteiger partial charge on any atom is -0.349 e. The lowest BCUT2D eigenvalue weighted by Crippen LogP contribution is -2.47. The van der Waals surface area contributed by atoms with Crippen LogP contribution in [0.5, 0.6) is 0 Å². The zero-order valence-corrected chi connectivity index (χ0v) is 12.0. The molecule has 3 nitrogen and oxygen atoms in total. The van der Waals surface area contributed by atoms with Gasteiger partial charge in [0.2, 0.25) is 5.91 Å². The quantitative estimate of drug-likeness (QED) is 0.889. The molecule has 1 aromatic rings. The molecule has 1 aliphatic rings. The monoisotopic (exact) mass is 278 g/mol. The SMILES string of the molecule is C[C@H](NC(=O)C1(CN)CCCCC1)c1ccc(F)cc1. The summed E-state index contributed by atoms with van der Waals surface area (Å²) in [4.78, 5) is 12.5. The molecule has 4 heteroatoms. The zero-order chi connectivity index (χ0) is 14.6. The molecule has 2 rings (SSSR count). The summed E-state index contributed by atoms with van der Waals surface area (Å²) in [6.07, 6.45) is 5.05. The maximum Gasteiger partial charge on any atom is 0.227 e. The number of halogens is 1. The highest BCUT2D eigenvalue weighted by Gasteiger charge is 2.38. The first-order valence-corrected chi connectivity index (χ1v) is 7.34.